The average molecular weight is 298 g/mol. The molecule has 0 aromatic carbocycles. The Morgan fingerprint density at radius 1 is 1.19 bits per heavy atom. The highest BCUT2D eigenvalue weighted by Crippen LogP contribution is 2.38. The third-order valence-corrected chi connectivity index (χ3v) is 3.98. The second-order valence-electron chi connectivity index (χ2n) is 6.32. The lowest BCUT2D eigenvalue weighted by molar-refractivity contribution is -0.161. The second kappa shape index (κ2) is 7.22. The molecule has 6 heteroatoms. The van der Waals surface area contributed by atoms with E-state index < -0.39 is 17.6 Å². The minimum Gasteiger partial charge on any atom is -0.348 e. The van der Waals surface area contributed by atoms with Gasteiger partial charge in [0.2, 0.25) is 0 Å². The molecule has 1 aliphatic carbocycles. The van der Waals surface area contributed by atoms with Gasteiger partial charge in [0.15, 0.2) is 5.79 Å². The van der Waals surface area contributed by atoms with Gasteiger partial charge in [0.25, 0.3) is 0 Å². The van der Waals surface area contributed by atoms with E-state index in [1.165, 1.54) is 0 Å². The molecule has 0 bridgehead atoms. The lowest BCUT2D eigenvalue weighted by Gasteiger charge is -2.21. The van der Waals surface area contributed by atoms with E-state index >= 15 is 0 Å². The van der Waals surface area contributed by atoms with E-state index in [9.17, 15) is 9.59 Å². The Bertz CT molecular complexity index is 378. The minimum atomic E-state index is -0.602. The zero-order valence-corrected chi connectivity index (χ0v) is 12.9. The maximum Gasteiger partial charge on any atom is 0.309 e. The van der Waals surface area contributed by atoms with Crippen molar-refractivity contribution < 1.29 is 19.1 Å². The lowest BCUT2D eigenvalue weighted by atomic mass is 10.1. The Labute approximate surface area is 125 Å². The Hall–Kier alpha value is -1.14. The molecule has 1 unspecified atom stereocenters. The van der Waals surface area contributed by atoms with Gasteiger partial charge in [-0.1, -0.05) is 13.8 Å². The largest absolute Gasteiger partial charge is 0.348 e. The van der Waals surface area contributed by atoms with E-state index in [0.29, 0.717) is 25.6 Å². The summed E-state index contributed by atoms with van der Waals surface area (Å²) in [6.45, 7) is 5.47. The predicted octanol–water partition coefficient (Wildman–Crippen LogP) is 0.951. The van der Waals surface area contributed by atoms with Crippen molar-refractivity contribution in [3.63, 3.8) is 0 Å². The molecule has 1 saturated heterocycles. The van der Waals surface area contributed by atoms with E-state index in [4.69, 9.17) is 9.47 Å². The highest BCUT2D eigenvalue weighted by molar-refractivity contribution is 6.35. The molecule has 0 aromatic rings. The van der Waals surface area contributed by atoms with Gasteiger partial charge in [-0.25, -0.2) is 0 Å². The highest BCUT2D eigenvalue weighted by Gasteiger charge is 2.43. The molecule has 0 aromatic heterocycles. The Kier molecular flexibility index (Phi) is 5.58. The van der Waals surface area contributed by atoms with Crippen LogP contribution in [0, 0.1) is 5.92 Å². The van der Waals surface area contributed by atoms with Gasteiger partial charge in [0.05, 0.1) is 6.61 Å². The zero-order valence-electron chi connectivity index (χ0n) is 12.9. The van der Waals surface area contributed by atoms with Crippen LogP contribution in [0.3, 0.4) is 0 Å². The van der Waals surface area contributed by atoms with Crippen LogP contribution in [0.4, 0.5) is 0 Å². The fraction of sp³-hybridized carbons (Fsp3) is 0.867. The van der Waals surface area contributed by atoms with Gasteiger partial charge in [0.1, 0.15) is 6.10 Å². The van der Waals surface area contributed by atoms with Crippen molar-refractivity contribution in [2.45, 2.75) is 57.8 Å². The molecule has 6 nitrogen and oxygen atoms in total. The van der Waals surface area contributed by atoms with Gasteiger partial charge in [-0.3, -0.25) is 9.59 Å². The van der Waals surface area contributed by atoms with Crippen molar-refractivity contribution in [3.05, 3.63) is 0 Å². The second-order valence-corrected chi connectivity index (χ2v) is 6.32. The molecular formula is C15H26N2O4. The molecule has 1 atom stereocenters. The van der Waals surface area contributed by atoms with Crippen molar-refractivity contribution >= 4 is 11.8 Å². The first-order chi connectivity index (χ1) is 10.0. The first-order valence-electron chi connectivity index (χ1n) is 7.88. The van der Waals surface area contributed by atoms with Gasteiger partial charge in [0, 0.05) is 25.9 Å². The first-order valence-corrected chi connectivity index (χ1v) is 7.88. The molecule has 21 heavy (non-hydrogen) atoms. The highest BCUT2D eigenvalue weighted by atomic mass is 16.7. The summed E-state index contributed by atoms with van der Waals surface area (Å²) in [6, 6.07) is 0. The van der Waals surface area contributed by atoms with Gasteiger partial charge < -0.3 is 20.1 Å². The van der Waals surface area contributed by atoms with Crippen LogP contribution in [0.5, 0.6) is 0 Å². The normalized spacial score (nSPS) is 23.7. The van der Waals surface area contributed by atoms with Crippen LogP contribution >= 0.6 is 0 Å². The molecule has 2 rings (SSSR count). The lowest BCUT2D eigenvalue weighted by Crippen LogP contribution is -2.43. The van der Waals surface area contributed by atoms with Crippen LogP contribution in [0.25, 0.3) is 0 Å². The van der Waals surface area contributed by atoms with Crippen LogP contribution in [0.2, 0.25) is 0 Å². The number of amides is 2. The SMILES string of the molecule is CC(C)CCNC(=O)C(=O)NCC1COC2(CCCC2)O1. The summed E-state index contributed by atoms with van der Waals surface area (Å²) in [5.41, 5.74) is 0. The number of carbonyl (C=O) groups is 2. The van der Waals surface area contributed by atoms with E-state index in [2.05, 4.69) is 24.5 Å². The molecule has 2 aliphatic rings. The molecule has 1 saturated carbocycles. The quantitative estimate of drug-likeness (QED) is 0.741. The monoisotopic (exact) mass is 298 g/mol. The van der Waals surface area contributed by atoms with Crippen LogP contribution in [0.1, 0.15) is 46.0 Å². The Morgan fingerprint density at radius 2 is 1.86 bits per heavy atom. The van der Waals surface area contributed by atoms with Crippen molar-refractivity contribution in [3.8, 4) is 0 Å². The number of nitrogens with one attached hydrogen (secondary N) is 2. The van der Waals surface area contributed by atoms with E-state index in [1.807, 2.05) is 0 Å². The van der Waals surface area contributed by atoms with Crippen LogP contribution in [0.15, 0.2) is 0 Å². The van der Waals surface area contributed by atoms with Crippen molar-refractivity contribution in [2.75, 3.05) is 19.7 Å². The predicted molar refractivity (Wildman–Crippen MR) is 77.5 cm³/mol. The Balaban J connectivity index is 1.64. The molecule has 1 spiro atoms. The molecule has 1 aliphatic heterocycles. The summed E-state index contributed by atoms with van der Waals surface area (Å²) < 4.78 is 11.6. The van der Waals surface area contributed by atoms with Gasteiger partial charge >= 0.3 is 11.8 Å². The fourth-order valence-electron chi connectivity index (χ4n) is 2.73. The van der Waals surface area contributed by atoms with Crippen LogP contribution in [-0.4, -0.2) is 43.4 Å². The number of ether oxygens (including phenoxy) is 2. The third kappa shape index (κ3) is 4.68. The molecule has 120 valence electrons. The minimum absolute atomic E-state index is 0.157. The molecule has 0 radical (unpaired) electrons. The summed E-state index contributed by atoms with van der Waals surface area (Å²) >= 11 is 0. The molecule has 1 heterocycles. The summed E-state index contributed by atoms with van der Waals surface area (Å²) in [6.07, 6.45) is 4.80. The smallest absolute Gasteiger partial charge is 0.309 e. The van der Waals surface area contributed by atoms with Crippen LogP contribution < -0.4 is 10.6 Å². The molecule has 2 N–H and O–H groups in total. The van der Waals surface area contributed by atoms with Crippen molar-refractivity contribution in [1.29, 1.82) is 0 Å². The number of carbonyl (C=O) groups excluding carboxylic acids is 2. The van der Waals surface area contributed by atoms with E-state index in [-0.39, 0.29) is 6.10 Å². The molecular weight excluding hydrogens is 272 g/mol. The fourth-order valence-corrected chi connectivity index (χ4v) is 2.73. The number of rotatable bonds is 5. The van der Waals surface area contributed by atoms with E-state index in [1.54, 1.807) is 0 Å². The number of hydrogen-bond donors (Lipinski definition) is 2. The summed E-state index contributed by atoms with van der Waals surface area (Å²) in [4.78, 5) is 23.3. The maximum atomic E-state index is 11.7. The summed E-state index contributed by atoms with van der Waals surface area (Å²) in [5, 5.41) is 5.23. The molecule has 2 fully saturated rings. The van der Waals surface area contributed by atoms with E-state index in [0.717, 1.165) is 32.1 Å². The Morgan fingerprint density at radius 3 is 2.52 bits per heavy atom. The van der Waals surface area contributed by atoms with Gasteiger partial charge in [-0.05, 0) is 25.2 Å². The van der Waals surface area contributed by atoms with Crippen molar-refractivity contribution in [2.24, 2.45) is 5.92 Å². The van der Waals surface area contributed by atoms with Crippen LogP contribution in [-0.2, 0) is 19.1 Å². The third-order valence-electron chi connectivity index (χ3n) is 3.98. The van der Waals surface area contributed by atoms with Gasteiger partial charge in [-0.2, -0.15) is 0 Å². The van der Waals surface area contributed by atoms with Gasteiger partial charge in [-0.15, -0.1) is 0 Å². The maximum absolute atomic E-state index is 11.7. The first kappa shape index (κ1) is 16.2. The topological polar surface area (TPSA) is 76.7 Å². The number of hydrogen-bond acceptors (Lipinski definition) is 4. The standard InChI is InChI=1S/C15H26N2O4/c1-11(2)5-8-16-13(18)14(19)17-9-12-10-20-15(21-12)6-3-4-7-15/h11-12H,3-10H2,1-2H3,(H,16,18)(H,17,19). The zero-order chi connectivity index (χ0) is 15.3. The summed E-state index contributed by atoms with van der Waals surface area (Å²) in [5.74, 6) is -1.10. The average Bonchev–Trinajstić information content (AvgIpc) is 3.06. The summed E-state index contributed by atoms with van der Waals surface area (Å²) in [7, 11) is 0. The molecule has 2 amide bonds. The van der Waals surface area contributed by atoms with Crippen molar-refractivity contribution in [1.82, 2.24) is 10.6 Å².